The molecule has 0 aromatic carbocycles. The fourth-order valence-corrected chi connectivity index (χ4v) is 2.65. The fourth-order valence-electron chi connectivity index (χ4n) is 2.65. The molecule has 3 N–H and O–H groups in total. The highest BCUT2D eigenvalue weighted by Crippen LogP contribution is 2.29. The zero-order valence-corrected chi connectivity index (χ0v) is 11.6. The van der Waals surface area contributed by atoms with Crippen molar-refractivity contribution in [2.24, 2.45) is 0 Å². The van der Waals surface area contributed by atoms with Gasteiger partial charge in [-0.2, -0.15) is 0 Å². The van der Waals surface area contributed by atoms with Gasteiger partial charge in [0.15, 0.2) is 0 Å². The number of nitrogens with one attached hydrogen (secondary N) is 2. The fraction of sp³-hybridized carbons (Fsp3) is 0.500. The monoisotopic (exact) mass is 290 g/mol. The van der Waals surface area contributed by atoms with E-state index < -0.39 is 5.97 Å². The minimum absolute atomic E-state index is 0.0496. The average molecular weight is 290 g/mol. The molecule has 1 saturated carbocycles. The molecule has 1 unspecified atom stereocenters. The molecule has 21 heavy (non-hydrogen) atoms. The summed E-state index contributed by atoms with van der Waals surface area (Å²) in [5.74, 6) is -1.07. The lowest BCUT2D eigenvalue weighted by Crippen LogP contribution is -2.40. The Morgan fingerprint density at radius 3 is 2.81 bits per heavy atom. The van der Waals surface area contributed by atoms with Crippen LogP contribution in [0.4, 0.5) is 10.5 Å². The maximum absolute atomic E-state index is 11.9. The molecule has 1 aromatic heterocycles. The maximum Gasteiger partial charge on any atom is 0.337 e. The summed E-state index contributed by atoms with van der Waals surface area (Å²) >= 11 is 0. The van der Waals surface area contributed by atoms with Crippen molar-refractivity contribution < 1.29 is 14.7 Å². The van der Waals surface area contributed by atoms with Gasteiger partial charge >= 0.3 is 12.0 Å². The molecule has 1 aliphatic heterocycles. The summed E-state index contributed by atoms with van der Waals surface area (Å²) in [4.78, 5) is 29.0. The van der Waals surface area contributed by atoms with E-state index >= 15 is 0 Å². The predicted molar refractivity (Wildman–Crippen MR) is 76.4 cm³/mol. The zero-order chi connectivity index (χ0) is 14.8. The van der Waals surface area contributed by atoms with Crippen LogP contribution in [0, 0.1) is 0 Å². The Bertz CT molecular complexity index is 559. The van der Waals surface area contributed by atoms with Crippen molar-refractivity contribution in [3.05, 3.63) is 24.0 Å². The number of anilines is 1. The summed E-state index contributed by atoms with van der Waals surface area (Å²) < 4.78 is 0. The number of aromatic carboxylic acids is 1. The van der Waals surface area contributed by atoms with Gasteiger partial charge in [-0.15, -0.1) is 0 Å². The lowest BCUT2D eigenvalue weighted by molar-refractivity contribution is 0.0696. The van der Waals surface area contributed by atoms with Crippen molar-refractivity contribution in [3.8, 4) is 0 Å². The van der Waals surface area contributed by atoms with Gasteiger partial charge in [-0.3, -0.25) is 9.88 Å². The third kappa shape index (κ3) is 3.49. The van der Waals surface area contributed by atoms with Gasteiger partial charge in [0.05, 0.1) is 17.4 Å². The van der Waals surface area contributed by atoms with Crippen LogP contribution in [-0.2, 0) is 0 Å². The molecule has 7 nitrogen and oxygen atoms in total. The lowest BCUT2D eigenvalue weighted by Gasteiger charge is -2.16. The number of urea groups is 1. The summed E-state index contributed by atoms with van der Waals surface area (Å²) in [5.41, 5.74) is 0.429. The third-order valence-corrected chi connectivity index (χ3v) is 3.86. The molecule has 0 radical (unpaired) electrons. The second-order valence-electron chi connectivity index (χ2n) is 5.58. The van der Waals surface area contributed by atoms with Crippen molar-refractivity contribution in [1.82, 2.24) is 15.2 Å². The summed E-state index contributed by atoms with van der Waals surface area (Å²) in [5, 5.41) is 14.4. The molecule has 0 spiro atoms. The molecule has 0 bridgehead atoms. The van der Waals surface area contributed by atoms with Crippen molar-refractivity contribution in [2.45, 2.75) is 31.3 Å². The zero-order valence-electron chi connectivity index (χ0n) is 11.6. The van der Waals surface area contributed by atoms with E-state index in [1.807, 2.05) is 0 Å². The van der Waals surface area contributed by atoms with Crippen molar-refractivity contribution in [2.75, 3.05) is 18.4 Å². The number of pyridine rings is 1. The number of hydrogen-bond acceptors (Lipinski definition) is 4. The smallest absolute Gasteiger partial charge is 0.337 e. The molecule has 112 valence electrons. The van der Waals surface area contributed by atoms with Crippen LogP contribution in [-0.4, -0.2) is 52.2 Å². The molecular formula is C14H18N4O3. The standard InChI is InChI=1S/C14H18N4O3/c19-13(20)9-5-11(7-15-6-9)17-14(21)16-10-3-4-18(8-10)12-1-2-12/h5-7,10,12H,1-4,8H2,(H,19,20)(H2,16,17,21). The van der Waals surface area contributed by atoms with E-state index in [2.05, 4.69) is 20.5 Å². The lowest BCUT2D eigenvalue weighted by atomic mass is 10.2. The number of amides is 2. The summed E-state index contributed by atoms with van der Waals surface area (Å²) in [7, 11) is 0. The number of aromatic nitrogens is 1. The number of carboxylic acid groups (broad SMARTS) is 1. The Hall–Kier alpha value is -2.15. The molecular weight excluding hydrogens is 272 g/mol. The first kappa shape index (κ1) is 13.8. The van der Waals surface area contributed by atoms with Crippen LogP contribution in [0.1, 0.15) is 29.6 Å². The minimum atomic E-state index is -1.07. The van der Waals surface area contributed by atoms with E-state index in [1.165, 1.54) is 31.3 Å². The van der Waals surface area contributed by atoms with Crippen LogP contribution in [0.5, 0.6) is 0 Å². The molecule has 1 aromatic rings. The number of carbonyl (C=O) groups excluding carboxylic acids is 1. The van der Waals surface area contributed by atoms with E-state index in [0.29, 0.717) is 5.69 Å². The van der Waals surface area contributed by atoms with Gasteiger partial charge in [0, 0.05) is 31.4 Å². The van der Waals surface area contributed by atoms with Gasteiger partial charge in [0.2, 0.25) is 0 Å². The average Bonchev–Trinajstić information content (AvgIpc) is 3.20. The van der Waals surface area contributed by atoms with E-state index in [0.717, 1.165) is 25.6 Å². The Morgan fingerprint density at radius 2 is 2.10 bits per heavy atom. The molecule has 2 aliphatic rings. The Morgan fingerprint density at radius 1 is 1.29 bits per heavy atom. The second-order valence-corrected chi connectivity index (χ2v) is 5.58. The van der Waals surface area contributed by atoms with Crippen LogP contribution in [0.2, 0.25) is 0 Å². The molecule has 1 saturated heterocycles. The largest absolute Gasteiger partial charge is 0.478 e. The Balaban J connectivity index is 1.52. The summed E-state index contributed by atoms with van der Waals surface area (Å²) in [6.45, 7) is 1.93. The van der Waals surface area contributed by atoms with Crippen LogP contribution in [0.3, 0.4) is 0 Å². The summed E-state index contributed by atoms with van der Waals surface area (Å²) in [6, 6.07) is 1.94. The first-order valence-electron chi connectivity index (χ1n) is 7.12. The quantitative estimate of drug-likeness (QED) is 0.773. The minimum Gasteiger partial charge on any atom is -0.478 e. The number of rotatable bonds is 4. The summed E-state index contributed by atoms with van der Waals surface area (Å²) in [6.07, 6.45) is 6.17. The first-order valence-corrected chi connectivity index (χ1v) is 7.12. The molecule has 1 aliphatic carbocycles. The Kier molecular flexibility index (Phi) is 3.74. The molecule has 2 fully saturated rings. The molecule has 7 heteroatoms. The van der Waals surface area contributed by atoms with E-state index in [1.54, 1.807) is 0 Å². The predicted octanol–water partition coefficient (Wildman–Crippen LogP) is 1.14. The van der Waals surface area contributed by atoms with Gasteiger partial charge in [0.1, 0.15) is 0 Å². The van der Waals surface area contributed by atoms with Gasteiger partial charge < -0.3 is 15.7 Å². The highest BCUT2D eigenvalue weighted by atomic mass is 16.4. The third-order valence-electron chi connectivity index (χ3n) is 3.86. The van der Waals surface area contributed by atoms with Gasteiger partial charge in [0.25, 0.3) is 0 Å². The topological polar surface area (TPSA) is 94.6 Å². The first-order chi connectivity index (χ1) is 10.1. The van der Waals surface area contributed by atoms with Crippen LogP contribution in [0.25, 0.3) is 0 Å². The second kappa shape index (κ2) is 5.69. The number of nitrogens with zero attached hydrogens (tertiary/aromatic N) is 2. The number of hydrogen-bond donors (Lipinski definition) is 3. The molecule has 1 atom stereocenters. The van der Waals surface area contributed by atoms with Crippen LogP contribution >= 0.6 is 0 Å². The normalized spacial score (nSPS) is 22.0. The number of likely N-dealkylation sites (tertiary alicyclic amines) is 1. The Labute approximate surface area is 122 Å². The number of carbonyl (C=O) groups is 2. The van der Waals surface area contributed by atoms with E-state index in [-0.39, 0.29) is 17.6 Å². The SMILES string of the molecule is O=C(Nc1cncc(C(=O)O)c1)NC1CCN(C2CC2)C1. The van der Waals surface area contributed by atoms with Gasteiger partial charge in [-0.05, 0) is 25.3 Å². The van der Waals surface area contributed by atoms with Crippen molar-refractivity contribution >= 4 is 17.7 Å². The molecule has 3 rings (SSSR count). The van der Waals surface area contributed by atoms with E-state index in [9.17, 15) is 9.59 Å². The van der Waals surface area contributed by atoms with Crippen molar-refractivity contribution in [3.63, 3.8) is 0 Å². The van der Waals surface area contributed by atoms with Crippen molar-refractivity contribution in [1.29, 1.82) is 0 Å². The highest BCUT2D eigenvalue weighted by Gasteiger charge is 2.34. The number of carboxylic acids is 1. The molecule has 2 amide bonds. The van der Waals surface area contributed by atoms with Gasteiger partial charge in [-0.1, -0.05) is 0 Å². The molecule has 2 heterocycles. The maximum atomic E-state index is 11.9. The van der Waals surface area contributed by atoms with Gasteiger partial charge in [-0.25, -0.2) is 9.59 Å². The van der Waals surface area contributed by atoms with Crippen LogP contribution < -0.4 is 10.6 Å². The van der Waals surface area contributed by atoms with E-state index in [4.69, 9.17) is 5.11 Å². The van der Waals surface area contributed by atoms with Crippen LogP contribution in [0.15, 0.2) is 18.5 Å². The highest BCUT2D eigenvalue weighted by molar-refractivity contribution is 5.92.